The van der Waals surface area contributed by atoms with Crippen LogP contribution in [-0.2, 0) is 11.2 Å². The van der Waals surface area contributed by atoms with Gasteiger partial charge in [-0.15, -0.1) is 0 Å². The number of carbonyl (C=O) groups excluding carboxylic acids is 1. The zero-order valence-electron chi connectivity index (χ0n) is 14.7. The minimum absolute atomic E-state index is 0.0527. The standard InChI is InChI=1S/C23H15ClFNO2/c24-20-7-5-18(6-8-20)19(15-26)13-16-3-11-22(12-4-16)28-23(27)14-17-1-9-21(25)10-2-17/h1-13H,14H2/b19-13-. The molecule has 0 fully saturated rings. The third-order valence-corrected chi connectivity index (χ3v) is 4.21. The summed E-state index contributed by atoms with van der Waals surface area (Å²) in [6, 6.07) is 21.7. The Morgan fingerprint density at radius 1 is 1.00 bits per heavy atom. The highest BCUT2D eigenvalue weighted by atomic mass is 35.5. The number of rotatable bonds is 5. The van der Waals surface area contributed by atoms with Gasteiger partial charge in [0.05, 0.1) is 18.1 Å². The highest BCUT2D eigenvalue weighted by Crippen LogP contribution is 2.21. The van der Waals surface area contributed by atoms with Crippen molar-refractivity contribution >= 4 is 29.2 Å². The van der Waals surface area contributed by atoms with Crippen LogP contribution in [0.1, 0.15) is 16.7 Å². The normalized spacial score (nSPS) is 11.0. The number of allylic oxidation sites excluding steroid dienone is 1. The topological polar surface area (TPSA) is 50.1 Å². The lowest BCUT2D eigenvalue weighted by Gasteiger charge is -2.05. The molecule has 0 aliphatic heterocycles. The lowest BCUT2D eigenvalue weighted by atomic mass is 10.0. The van der Waals surface area contributed by atoms with Crippen molar-refractivity contribution in [1.82, 2.24) is 0 Å². The smallest absolute Gasteiger partial charge is 0.315 e. The molecule has 0 saturated carbocycles. The fourth-order valence-electron chi connectivity index (χ4n) is 2.54. The summed E-state index contributed by atoms with van der Waals surface area (Å²) < 4.78 is 18.2. The van der Waals surface area contributed by atoms with Crippen LogP contribution in [0.15, 0.2) is 72.8 Å². The van der Waals surface area contributed by atoms with Crippen LogP contribution in [0.5, 0.6) is 5.75 Å². The first kappa shape index (κ1) is 19.3. The molecule has 138 valence electrons. The molecule has 0 aliphatic rings. The van der Waals surface area contributed by atoms with Gasteiger partial charge in [-0.3, -0.25) is 4.79 Å². The van der Waals surface area contributed by atoms with Gasteiger partial charge < -0.3 is 4.74 Å². The number of benzene rings is 3. The fraction of sp³-hybridized carbons (Fsp3) is 0.0435. The minimum atomic E-state index is -0.436. The summed E-state index contributed by atoms with van der Waals surface area (Å²) in [7, 11) is 0. The van der Waals surface area contributed by atoms with Gasteiger partial charge in [0.1, 0.15) is 11.6 Å². The third-order valence-electron chi connectivity index (χ3n) is 3.96. The monoisotopic (exact) mass is 391 g/mol. The molecule has 0 saturated heterocycles. The molecule has 3 nitrogen and oxygen atoms in total. The molecule has 0 spiro atoms. The van der Waals surface area contributed by atoms with Crippen LogP contribution in [0.3, 0.4) is 0 Å². The Bertz CT molecular complexity index is 1030. The maximum Gasteiger partial charge on any atom is 0.315 e. The van der Waals surface area contributed by atoms with Gasteiger partial charge in [-0.25, -0.2) is 4.39 Å². The van der Waals surface area contributed by atoms with Crippen LogP contribution in [0.25, 0.3) is 11.6 Å². The average molecular weight is 392 g/mol. The minimum Gasteiger partial charge on any atom is -0.426 e. The summed E-state index contributed by atoms with van der Waals surface area (Å²) in [6.45, 7) is 0. The molecule has 0 radical (unpaired) electrons. The summed E-state index contributed by atoms with van der Waals surface area (Å²) in [6.07, 6.45) is 1.80. The van der Waals surface area contributed by atoms with Crippen LogP contribution in [0.4, 0.5) is 4.39 Å². The summed E-state index contributed by atoms with van der Waals surface area (Å²) in [5.74, 6) is -0.390. The highest BCUT2D eigenvalue weighted by Gasteiger charge is 2.07. The molecule has 0 unspecified atom stereocenters. The second-order valence-electron chi connectivity index (χ2n) is 6.02. The zero-order valence-corrected chi connectivity index (χ0v) is 15.5. The molecule has 0 aliphatic carbocycles. The first-order valence-corrected chi connectivity index (χ1v) is 8.84. The molecule has 0 atom stereocenters. The molecule has 0 amide bonds. The van der Waals surface area contributed by atoms with Gasteiger partial charge >= 0.3 is 5.97 Å². The van der Waals surface area contributed by atoms with E-state index < -0.39 is 5.97 Å². The third kappa shape index (κ3) is 5.29. The Hall–Kier alpha value is -3.42. The van der Waals surface area contributed by atoms with Crippen molar-refractivity contribution in [2.45, 2.75) is 6.42 Å². The van der Waals surface area contributed by atoms with E-state index in [9.17, 15) is 14.4 Å². The first-order chi connectivity index (χ1) is 13.5. The van der Waals surface area contributed by atoms with Crippen molar-refractivity contribution in [3.05, 3.63) is 100 Å². The zero-order chi connectivity index (χ0) is 19.9. The van der Waals surface area contributed by atoms with Gasteiger partial charge in [-0.1, -0.05) is 48.0 Å². The van der Waals surface area contributed by atoms with E-state index in [4.69, 9.17) is 16.3 Å². The van der Waals surface area contributed by atoms with Gasteiger partial charge in [-0.05, 0) is 59.2 Å². The van der Waals surface area contributed by atoms with E-state index in [0.29, 0.717) is 21.9 Å². The summed E-state index contributed by atoms with van der Waals surface area (Å²) >= 11 is 5.88. The summed E-state index contributed by atoms with van der Waals surface area (Å²) in [5, 5.41) is 10.0. The lowest BCUT2D eigenvalue weighted by molar-refractivity contribution is -0.133. The second kappa shape index (κ2) is 8.98. The number of ether oxygens (including phenoxy) is 1. The molecule has 0 heterocycles. The highest BCUT2D eigenvalue weighted by molar-refractivity contribution is 6.30. The van der Waals surface area contributed by atoms with E-state index in [0.717, 1.165) is 11.1 Å². The molecule has 28 heavy (non-hydrogen) atoms. The second-order valence-corrected chi connectivity index (χ2v) is 6.46. The number of nitriles is 1. The molecule has 0 aromatic heterocycles. The predicted molar refractivity (Wildman–Crippen MR) is 107 cm³/mol. The number of esters is 1. The van der Waals surface area contributed by atoms with Gasteiger partial charge in [0.15, 0.2) is 0 Å². The van der Waals surface area contributed by atoms with Crippen LogP contribution in [-0.4, -0.2) is 5.97 Å². The largest absolute Gasteiger partial charge is 0.426 e. The molecular weight excluding hydrogens is 377 g/mol. The number of hydrogen-bond acceptors (Lipinski definition) is 3. The molecule has 5 heteroatoms. The number of nitrogens with zero attached hydrogens (tertiary/aromatic N) is 1. The van der Waals surface area contributed by atoms with E-state index in [1.54, 1.807) is 66.7 Å². The SMILES string of the molecule is N#C/C(=C/c1ccc(OC(=O)Cc2ccc(F)cc2)cc1)c1ccc(Cl)cc1. The van der Waals surface area contributed by atoms with Gasteiger partial charge in [0, 0.05) is 5.02 Å². The molecule has 0 N–H and O–H groups in total. The number of halogens is 2. The van der Waals surface area contributed by atoms with Crippen molar-refractivity contribution < 1.29 is 13.9 Å². The van der Waals surface area contributed by atoms with Crippen LogP contribution >= 0.6 is 11.6 Å². The van der Waals surface area contributed by atoms with Crippen LogP contribution in [0, 0.1) is 17.1 Å². The lowest BCUT2D eigenvalue weighted by Crippen LogP contribution is -2.11. The number of carbonyl (C=O) groups is 1. The van der Waals surface area contributed by atoms with E-state index >= 15 is 0 Å². The Kier molecular flexibility index (Phi) is 6.21. The fourth-order valence-corrected chi connectivity index (χ4v) is 2.67. The van der Waals surface area contributed by atoms with Crippen molar-refractivity contribution in [2.75, 3.05) is 0 Å². The molecule has 0 bridgehead atoms. The maximum atomic E-state index is 12.9. The number of hydrogen-bond donors (Lipinski definition) is 0. The maximum absolute atomic E-state index is 12.9. The quantitative estimate of drug-likeness (QED) is 0.243. The summed E-state index contributed by atoms with van der Waals surface area (Å²) in [5.41, 5.74) is 2.73. The van der Waals surface area contributed by atoms with Gasteiger partial charge in [0.2, 0.25) is 0 Å². The van der Waals surface area contributed by atoms with Crippen molar-refractivity contribution in [3.8, 4) is 11.8 Å². The predicted octanol–water partition coefficient (Wildman–Crippen LogP) is 5.69. The van der Waals surface area contributed by atoms with Crippen molar-refractivity contribution in [1.29, 1.82) is 5.26 Å². The first-order valence-electron chi connectivity index (χ1n) is 8.46. The van der Waals surface area contributed by atoms with E-state index in [1.807, 2.05) is 0 Å². The molecule has 3 aromatic carbocycles. The van der Waals surface area contributed by atoms with E-state index in [-0.39, 0.29) is 12.2 Å². The van der Waals surface area contributed by atoms with Gasteiger partial charge in [0.25, 0.3) is 0 Å². The Morgan fingerprint density at radius 3 is 2.25 bits per heavy atom. The van der Waals surface area contributed by atoms with Crippen LogP contribution in [0.2, 0.25) is 5.02 Å². The van der Waals surface area contributed by atoms with E-state index in [1.165, 1.54) is 12.1 Å². The van der Waals surface area contributed by atoms with Gasteiger partial charge in [-0.2, -0.15) is 5.26 Å². The van der Waals surface area contributed by atoms with Crippen molar-refractivity contribution in [3.63, 3.8) is 0 Å². The molecule has 3 rings (SSSR count). The van der Waals surface area contributed by atoms with Crippen LogP contribution < -0.4 is 4.74 Å². The Balaban J connectivity index is 1.67. The average Bonchev–Trinajstić information content (AvgIpc) is 2.70. The van der Waals surface area contributed by atoms with Crippen molar-refractivity contribution in [2.24, 2.45) is 0 Å². The molecular formula is C23H15ClFNO2. The Morgan fingerprint density at radius 2 is 1.64 bits per heavy atom. The summed E-state index contributed by atoms with van der Waals surface area (Å²) in [4.78, 5) is 12.0. The molecule has 3 aromatic rings. The van der Waals surface area contributed by atoms with E-state index in [2.05, 4.69) is 6.07 Å². The Labute approximate surface area is 167 Å².